The van der Waals surface area contributed by atoms with Crippen LogP contribution in [0.1, 0.15) is 18.2 Å². The van der Waals surface area contributed by atoms with Crippen molar-refractivity contribution in [1.29, 1.82) is 0 Å². The highest BCUT2D eigenvalue weighted by Crippen LogP contribution is 2.31. The van der Waals surface area contributed by atoms with E-state index in [1.165, 1.54) is 27.1 Å². The zero-order chi connectivity index (χ0) is 16.0. The minimum atomic E-state index is -0.134. The first kappa shape index (κ1) is 14.2. The van der Waals surface area contributed by atoms with Gasteiger partial charge < -0.3 is 10.2 Å². The van der Waals surface area contributed by atoms with Crippen molar-refractivity contribution in [3.05, 3.63) is 45.9 Å². The predicted octanol–water partition coefficient (Wildman–Crippen LogP) is 2.45. The topological polar surface area (TPSA) is 62.5 Å². The smallest absolute Gasteiger partial charge is 0.275 e. The van der Waals surface area contributed by atoms with E-state index in [9.17, 15) is 4.79 Å². The molecule has 0 fully saturated rings. The molecule has 4 rings (SSSR count). The molecule has 0 aliphatic carbocycles. The van der Waals surface area contributed by atoms with Crippen LogP contribution < -0.4 is 15.8 Å². The van der Waals surface area contributed by atoms with Crippen molar-refractivity contribution < 1.29 is 0 Å². The summed E-state index contributed by atoms with van der Waals surface area (Å²) < 4.78 is 1.35. The second-order valence-corrected chi connectivity index (χ2v) is 6.64. The minimum Gasteiger partial charge on any atom is -0.374 e. The van der Waals surface area contributed by atoms with Crippen LogP contribution in [0.25, 0.3) is 4.96 Å². The summed E-state index contributed by atoms with van der Waals surface area (Å²) in [4.78, 5) is 19.4. The highest BCUT2D eigenvalue weighted by molar-refractivity contribution is 7.20. The first-order valence-corrected chi connectivity index (χ1v) is 8.46. The molecule has 0 bridgehead atoms. The minimum absolute atomic E-state index is 0.134. The maximum atomic E-state index is 12.1. The first-order chi connectivity index (χ1) is 11.1. The largest absolute Gasteiger partial charge is 0.374 e. The number of rotatable bonds is 3. The number of nitrogens with zero attached hydrogens (tertiary/aromatic N) is 4. The summed E-state index contributed by atoms with van der Waals surface area (Å²) in [6.45, 7) is 3.04. The zero-order valence-corrected chi connectivity index (χ0v) is 13.9. The number of aromatic nitrogens is 3. The van der Waals surface area contributed by atoms with Gasteiger partial charge in [0.25, 0.3) is 5.56 Å². The summed E-state index contributed by atoms with van der Waals surface area (Å²) in [6.07, 6.45) is 1.83. The van der Waals surface area contributed by atoms with E-state index in [-0.39, 0.29) is 5.56 Å². The predicted molar refractivity (Wildman–Crippen MR) is 93.2 cm³/mol. The maximum Gasteiger partial charge on any atom is 0.275 e. The molecule has 1 N–H and O–H groups in total. The van der Waals surface area contributed by atoms with Gasteiger partial charge in [-0.05, 0) is 30.5 Å². The molecule has 3 heterocycles. The van der Waals surface area contributed by atoms with Crippen LogP contribution in [0, 0.1) is 0 Å². The summed E-state index contributed by atoms with van der Waals surface area (Å²) in [7, 11) is 2.10. The first-order valence-electron chi connectivity index (χ1n) is 7.65. The summed E-state index contributed by atoms with van der Waals surface area (Å²) >= 11 is 1.39. The van der Waals surface area contributed by atoms with Crippen molar-refractivity contribution in [1.82, 2.24) is 14.6 Å². The standard InChI is InChI=1S/C16H17N5OS/c1-3-11-9-14(22)21-16(18-11)23-15(19-21)17-12-5-4-10-6-7-20(2)13(10)8-12/h4-5,8-9H,3,6-7H2,1-2H3,(H,17,19). The van der Waals surface area contributed by atoms with Gasteiger partial charge in [0.1, 0.15) is 0 Å². The summed E-state index contributed by atoms with van der Waals surface area (Å²) in [6, 6.07) is 7.87. The van der Waals surface area contributed by atoms with Gasteiger partial charge in [0, 0.05) is 36.7 Å². The second-order valence-electron chi connectivity index (χ2n) is 5.68. The number of aryl methyl sites for hydroxylation is 1. The molecular formula is C16H17N5OS. The third-order valence-electron chi connectivity index (χ3n) is 4.12. The van der Waals surface area contributed by atoms with Gasteiger partial charge in [-0.1, -0.05) is 24.3 Å². The Balaban J connectivity index is 1.69. The Morgan fingerprint density at radius 1 is 1.35 bits per heavy atom. The van der Waals surface area contributed by atoms with E-state index >= 15 is 0 Å². The van der Waals surface area contributed by atoms with Crippen LogP contribution in [-0.4, -0.2) is 28.2 Å². The normalized spacial score (nSPS) is 13.6. The molecular weight excluding hydrogens is 310 g/mol. The fraction of sp³-hybridized carbons (Fsp3) is 0.312. The van der Waals surface area contributed by atoms with Crippen LogP contribution >= 0.6 is 11.3 Å². The summed E-state index contributed by atoms with van der Waals surface area (Å²) in [5.74, 6) is 0. The van der Waals surface area contributed by atoms with E-state index in [0.717, 1.165) is 30.8 Å². The SMILES string of the molecule is CCc1cc(=O)n2nc(Nc3ccc4c(c3)N(C)CC4)sc2n1. The van der Waals surface area contributed by atoms with Gasteiger partial charge in [-0.3, -0.25) is 4.79 Å². The molecule has 3 aromatic rings. The lowest BCUT2D eigenvalue weighted by atomic mass is 10.1. The van der Waals surface area contributed by atoms with Gasteiger partial charge in [0.15, 0.2) is 0 Å². The number of fused-ring (bicyclic) bond motifs is 2. The Morgan fingerprint density at radius 2 is 2.22 bits per heavy atom. The van der Waals surface area contributed by atoms with Crippen molar-refractivity contribution >= 4 is 32.8 Å². The van der Waals surface area contributed by atoms with Gasteiger partial charge in [0.2, 0.25) is 10.1 Å². The number of hydrogen-bond acceptors (Lipinski definition) is 6. The fourth-order valence-electron chi connectivity index (χ4n) is 2.83. The van der Waals surface area contributed by atoms with Gasteiger partial charge in [-0.25, -0.2) is 4.98 Å². The van der Waals surface area contributed by atoms with E-state index in [1.54, 1.807) is 6.07 Å². The molecule has 1 aromatic carbocycles. The maximum absolute atomic E-state index is 12.1. The number of nitrogens with one attached hydrogen (secondary N) is 1. The Morgan fingerprint density at radius 3 is 3.04 bits per heavy atom. The molecule has 0 atom stereocenters. The van der Waals surface area contributed by atoms with Crippen LogP contribution in [0.2, 0.25) is 0 Å². The molecule has 1 aliphatic rings. The Hall–Kier alpha value is -2.41. The molecule has 6 nitrogen and oxygen atoms in total. The molecule has 118 valence electrons. The van der Waals surface area contributed by atoms with Gasteiger partial charge in [-0.15, -0.1) is 5.10 Å². The monoisotopic (exact) mass is 327 g/mol. The number of hydrogen-bond donors (Lipinski definition) is 1. The molecule has 0 unspecified atom stereocenters. The number of anilines is 3. The van der Waals surface area contributed by atoms with E-state index in [0.29, 0.717) is 10.1 Å². The number of likely N-dealkylation sites (N-methyl/N-ethyl adjacent to an activating group) is 1. The summed E-state index contributed by atoms with van der Waals surface area (Å²) in [5.41, 5.74) is 4.25. The number of benzene rings is 1. The lowest BCUT2D eigenvalue weighted by molar-refractivity contribution is 0.879. The molecule has 0 spiro atoms. The third-order valence-corrected chi connectivity index (χ3v) is 4.95. The third kappa shape index (κ3) is 2.46. The van der Waals surface area contributed by atoms with Crippen molar-refractivity contribution in [3.63, 3.8) is 0 Å². The van der Waals surface area contributed by atoms with Crippen molar-refractivity contribution in [2.75, 3.05) is 23.8 Å². The lowest BCUT2D eigenvalue weighted by Gasteiger charge is -2.13. The fourth-order valence-corrected chi connectivity index (χ4v) is 3.67. The van der Waals surface area contributed by atoms with Crippen molar-refractivity contribution in [2.45, 2.75) is 19.8 Å². The van der Waals surface area contributed by atoms with E-state index in [1.807, 2.05) is 6.92 Å². The molecule has 7 heteroatoms. The van der Waals surface area contributed by atoms with Gasteiger partial charge in [0.05, 0.1) is 0 Å². The molecule has 0 saturated carbocycles. The van der Waals surface area contributed by atoms with Crippen LogP contribution in [-0.2, 0) is 12.8 Å². The van der Waals surface area contributed by atoms with Crippen LogP contribution in [0.5, 0.6) is 0 Å². The molecule has 0 radical (unpaired) electrons. The van der Waals surface area contributed by atoms with Crippen molar-refractivity contribution in [2.24, 2.45) is 0 Å². The van der Waals surface area contributed by atoms with Crippen molar-refractivity contribution in [3.8, 4) is 0 Å². The van der Waals surface area contributed by atoms with E-state index < -0.39 is 0 Å². The molecule has 1 aliphatic heterocycles. The van der Waals surface area contributed by atoms with E-state index in [2.05, 4.69) is 45.5 Å². The Labute approximate surface area is 137 Å². The van der Waals surface area contributed by atoms with Crippen LogP contribution in [0.4, 0.5) is 16.5 Å². The highest BCUT2D eigenvalue weighted by atomic mass is 32.1. The molecule has 23 heavy (non-hydrogen) atoms. The van der Waals surface area contributed by atoms with Crippen LogP contribution in [0.15, 0.2) is 29.1 Å². The lowest BCUT2D eigenvalue weighted by Crippen LogP contribution is -2.15. The van der Waals surface area contributed by atoms with E-state index in [4.69, 9.17) is 0 Å². The summed E-state index contributed by atoms with van der Waals surface area (Å²) in [5, 5.41) is 8.29. The van der Waals surface area contributed by atoms with Crippen LogP contribution in [0.3, 0.4) is 0 Å². The second kappa shape index (κ2) is 5.34. The van der Waals surface area contributed by atoms with Gasteiger partial charge in [-0.2, -0.15) is 4.52 Å². The zero-order valence-electron chi connectivity index (χ0n) is 13.0. The molecule has 0 amide bonds. The molecule has 2 aromatic heterocycles. The Kier molecular flexibility index (Phi) is 3.30. The highest BCUT2D eigenvalue weighted by Gasteiger charge is 2.16. The molecule has 0 saturated heterocycles. The Bertz CT molecular complexity index is 945. The van der Waals surface area contributed by atoms with Gasteiger partial charge >= 0.3 is 0 Å². The average Bonchev–Trinajstić information content (AvgIpc) is 3.11. The quantitative estimate of drug-likeness (QED) is 0.800. The average molecular weight is 327 g/mol.